The van der Waals surface area contributed by atoms with E-state index in [1.165, 1.54) is 12.8 Å². The van der Waals surface area contributed by atoms with Gasteiger partial charge < -0.3 is 10.3 Å². The Morgan fingerprint density at radius 2 is 2.00 bits per heavy atom. The highest BCUT2D eigenvalue weighted by Crippen LogP contribution is 2.29. The Balaban J connectivity index is 2.24. The van der Waals surface area contributed by atoms with Crippen molar-refractivity contribution in [3.05, 3.63) is 23.2 Å². The van der Waals surface area contributed by atoms with Crippen molar-refractivity contribution in [2.75, 3.05) is 5.73 Å². The third kappa shape index (κ3) is 3.03. The van der Waals surface area contributed by atoms with Gasteiger partial charge in [-0.15, -0.1) is 0 Å². The zero-order valence-electron chi connectivity index (χ0n) is 11.9. The van der Waals surface area contributed by atoms with Gasteiger partial charge in [-0.3, -0.25) is 0 Å². The Bertz CT molecular complexity index is 560. The molecule has 1 unspecified atom stereocenters. The maximum Gasteiger partial charge on any atom is 0.201 e. The fraction of sp³-hybridized carbons (Fsp3) is 0.533. The predicted octanol–water partition coefficient (Wildman–Crippen LogP) is 4.66. The summed E-state index contributed by atoms with van der Waals surface area (Å²) in [5.41, 5.74) is 7.88. The zero-order valence-corrected chi connectivity index (χ0v) is 12.6. The monoisotopic (exact) mass is 279 g/mol. The van der Waals surface area contributed by atoms with E-state index >= 15 is 0 Å². The summed E-state index contributed by atoms with van der Waals surface area (Å²) in [6, 6.07) is 6.18. The van der Waals surface area contributed by atoms with Crippen LogP contribution in [0, 0.1) is 5.92 Å². The molecule has 104 valence electrons. The normalized spacial score (nSPS) is 13.3. The molecule has 3 nitrogen and oxygen atoms in total. The molecule has 4 heteroatoms. The number of hydrogen-bond acceptors (Lipinski definition) is 2. The number of benzene rings is 1. The van der Waals surface area contributed by atoms with Crippen molar-refractivity contribution in [2.45, 2.75) is 46.1 Å². The fourth-order valence-corrected chi connectivity index (χ4v) is 2.73. The Labute approximate surface area is 119 Å². The second kappa shape index (κ2) is 5.83. The first-order chi connectivity index (χ1) is 9.00. The van der Waals surface area contributed by atoms with E-state index in [1.54, 1.807) is 0 Å². The van der Waals surface area contributed by atoms with E-state index in [4.69, 9.17) is 17.3 Å². The number of hydrogen-bond donors (Lipinski definition) is 1. The number of aromatic nitrogens is 2. The van der Waals surface area contributed by atoms with Gasteiger partial charge in [0.1, 0.15) is 5.52 Å². The van der Waals surface area contributed by atoms with Crippen LogP contribution in [-0.2, 0) is 0 Å². The summed E-state index contributed by atoms with van der Waals surface area (Å²) >= 11 is 6.16. The molecular formula is C15H22ClN3. The van der Waals surface area contributed by atoms with Crippen LogP contribution in [0.4, 0.5) is 5.95 Å². The van der Waals surface area contributed by atoms with Gasteiger partial charge >= 0.3 is 0 Å². The molecule has 0 fully saturated rings. The van der Waals surface area contributed by atoms with Crippen LogP contribution < -0.4 is 5.73 Å². The minimum absolute atomic E-state index is 0.349. The first-order valence-electron chi connectivity index (χ1n) is 6.92. The molecule has 0 saturated carbocycles. The lowest BCUT2D eigenvalue weighted by Crippen LogP contribution is -2.09. The van der Waals surface area contributed by atoms with Gasteiger partial charge in [0.25, 0.3) is 0 Å². The molecular weight excluding hydrogens is 258 g/mol. The lowest BCUT2D eigenvalue weighted by molar-refractivity contribution is 0.457. The number of para-hydroxylation sites is 1. The first kappa shape index (κ1) is 14.2. The van der Waals surface area contributed by atoms with Gasteiger partial charge in [0.2, 0.25) is 5.95 Å². The summed E-state index contributed by atoms with van der Waals surface area (Å²) in [6.07, 6.45) is 3.57. The van der Waals surface area contributed by atoms with Gasteiger partial charge in [0, 0.05) is 6.04 Å². The van der Waals surface area contributed by atoms with Crippen LogP contribution in [0.15, 0.2) is 18.2 Å². The van der Waals surface area contributed by atoms with Gasteiger partial charge in [-0.1, -0.05) is 44.4 Å². The summed E-state index contributed by atoms with van der Waals surface area (Å²) in [5, 5.41) is 0.664. The van der Waals surface area contributed by atoms with Crippen LogP contribution >= 0.6 is 11.6 Å². The molecule has 0 spiro atoms. The molecule has 19 heavy (non-hydrogen) atoms. The van der Waals surface area contributed by atoms with E-state index in [-0.39, 0.29) is 0 Å². The highest BCUT2D eigenvalue weighted by molar-refractivity contribution is 6.35. The highest BCUT2D eigenvalue weighted by atomic mass is 35.5. The van der Waals surface area contributed by atoms with Crippen molar-refractivity contribution in [1.29, 1.82) is 0 Å². The second-order valence-electron chi connectivity index (χ2n) is 5.62. The number of nitrogen functional groups attached to an aromatic ring is 1. The smallest absolute Gasteiger partial charge is 0.201 e. The molecule has 0 bridgehead atoms. The SMILES string of the molecule is CC(C)CCCC(C)n1c(N)nc2c(Cl)cccc21. The number of nitrogens with zero attached hydrogens (tertiary/aromatic N) is 2. The van der Waals surface area contributed by atoms with Gasteiger partial charge in [-0.05, 0) is 31.4 Å². The Morgan fingerprint density at radius 3 is 2.68 bits per heavy atom. The van der Waals surface area contributed by atoms with Crippen molar-refractivity contribution < 1.29 is 0 Å². The van der Waals surface area contributed by atoms with Crippen LogP contribution in [0.3, 0.4) is 0 Å². The first-order valence-corrected chi connectivity index (χ1v) is 7.30. The van der Waals surface area contributed by atoms with Crippen molar-refractivity contribution >= 4 is 28.6 Å². The maximum atomic E-state index is 6.16. The lowest BCUT2D eigenvalue weighted by Gasteiger charge is -2.16. The molecule has 0 aliphatic rings. The van der Waals surface area contributed by atoms with E-state index in [0.29, 0.717) is 17.0 Å². The number of fused-ring (bicyclic) bond motifs is 1. The number of nitrogens with two attached hydrogens (primary N) is 1. The average molecular weight is 280 g/mol. The van der Waals surface area contributed by atoms with Crippen LogP contribution in [0.25, 0.3) is 11.0 Å². The van der Waals surface area contributed by atoms with Crippen molar-refractivity contribution in [2.24, 2.45) is 5.92 Å². The zero-order chi connectivity index (χ0) is 14.0. The van der Waals surface area contributed by atoms with Crippen molar-refractivity contribution in [3.8, 4) is 0 Å². The minimum atomic E-state index is 0.349. The number of imidazole rings is 1. The van der Waals surface area contributed by atoms with E-state index < -0.39 is 0 Å². The van der Waals surface area contributed by atoms with Crippen LogP contribution in [-0.4, -0.2) is 9.55 Å². The van der Waals surface area contributed by atoms with Crippen molar-refractivity contribution in [3.63, 3.8) is 0 Å². The quantitative estimate of drug-likeness (QED) is 0.865. The summed E-state index contributed by atoms with van der Waals surface area (Å²) in [7, 11) is 0. The maximum absolute atomic E-state index is 6.16. The molecule has 2 aromatic rings. The van der Waals surface area contributed by atoms with Crippen LogP contribution in [0.2, 0.25) is 5.02 Å². The molecule has 0 radical (unpaired) electrons. The molecule has 1 atom stereocenters. The molecule has 1 aromatic carbocycles. The second-order valence-corrected chi connectivity index (χ2v) is 6.03. The lowest BCUT2D eigenvalue weighted by atomic mass is 10.0. The van der Waals surface area contributed by atoms with E-state index in [2.05, 4.69) is 30.3 Å². The van der Waals surface area contributed by atoms with Gasteiger partial charge in [0.05, 0.1) is 10.5 Å². The summed E-state index contributed by atoms with van der Waals surface area (Å²) in [4.78, 5) is 4.39. The minimum Gasteiger partial charge on any atom is -0.369 e. The number of rotatable bonds is 5. The van der Waals surface area contributed by atoms with E-state index in [9.17, 15) is 0 Å². The molecule has 2 N–H and O–H groups in total. The highest BCUT2D eigenvalue weighted by Gasteiger charge is 2.15. The molecule has 2 rings (SSSR count). The Hall–Kier alpha value is -1.22. The Morgan fingerprint density at radius 1 is 1.26 bits per heavy atom. The topological polar surface area (TPSA) is 43.8 Å². The van der Waals surface area contributed by atoms with E-state index in [1.807, 2.05) is 18.2 Å². The number of anilines is 1. The van der Waals surface area contributed by atoms with Gasteiger partial charge in [0.15, 0.2) is 0 Å². The molecule has 0 amide bonds. The average Bonchev–Trinajstić information content (AvgIpc) is 2.66. The van der Waals surface area contributed by atoms with Crippen molar-refractivity contribution in [1.82, 2.24) is 9.55 Å². The number of halogens is 1. The molecule has 1 aromatic heterocycles. The summed E-state index contributed by atoms with van der Waals surface area (Å²) in [5.74, 6) is 1.30. The summed E-state index contributed by atoms with van der Waals surface area (Å²) < 4.78 is 2.10. The van der Waals surface area contributed by atoms with E-state index in [0.717, 1.165) is 23.4 Å². The molecule has 0 saturated heterocycles. The third-order valence-electron chi connectivity index (χ3n) is 3.54. The third-order valence-corrected chi connectivity index (χ3v) is 3.85. The molecule has 1 heterocycles. The van der Waals surface area contributed by atoms with Gasteiger partial charge in [-0.2, -0.15) is 0 Å². The predicted molar refractivity (Wildman–Crippen MR) is 82.6 cm³/mol. The molecule has 0 aliphatic carbocycles. The van der Waals surface area contributed by atoms with Crippen LogP contribution in [0.1, 0.15) is 46.1 Å². The fourth-order valence-electron chi connectivity index (χ4n) is 2.51. The van der Waals surface area contributed by atoms with Crippen LogP contribution in [0.5, 0.6) is 0 Å². The molecule has 0 aliphatic heterocycles. The summed E-state index contributed by atoms with van der Waals surface area (Å²) in [6.45, 7) is 6.70. The largest absolute Gasteiger partial charge is 0.369 e. The Kier molecular flexibility index (Phi) is 4.35. The standard InChI is InChI=1S/C15H22ClN3/c1-10(2)6-4-7-11(3)19-13-9-5-8-12(16)14(13)18-15(19)17/h5,8-11H,4,6-7H2,1-3H3,(H2,17,18). The van der Waals surface area contributed by atoms with Gasteiger partial charge in [-0.25, -0.2) is 4.98 Å².